The highest BCUT2D eigenvalue weighted by atomic mass is 16.4. The molecule has 94 valence electrons. The molecule has 5 nitrogen and oxygen atoms in total. The van der Waals surface area contributed by atoms with Gasteiger partial charge in [0.1, 0.15) is 0 Å². The van der Waals surface area contributed by atoms with Crippen LogP contribution in [0.5, 0.6) is 0 Å². The molecule has 4 N–H and O–H groups in total. The van der Waals surface area contributed by atoms with Crippen molar-refractivity contribution in [2.75, 3.05) is 0 Å². The summed E-state index contributed by atoms with van der Waals surface area (Å²) in [6.07, 6.45) is 1.57. The van der Waals surface area contributed by atoms with E-state index in [2.05, 4.69) is 19.2 Å². The van der Waals surface area contributed by atoms with E-state index in [4.69, 9.17) is 10.8 Å². The molecule has 0 spiro atoms. The normalized spacial score (nSPS) is 14.6. The van der Waals surface area contributed by atoms with Crippen LogP contribution in [-0.2, 0) is 9.59 Å². The summed E-state index contributed by atoms with van der Waals surface area (Å²) in [4.78, 5) is 21.8. The monoisotopic (exact) mass is 230 g/mol. The van der Waals surface area contributed by atoms with Gasteiger partial charge in [0, 0.05) is 6.04 Å². The Morgan fingerprint density at radius 1 is 1.25 bits per heavy atom. The van der Waals surface area contributed by atoms with Crippen molar-refractivity contribution in [1.29, 1.82) is 0 Å². The van der Waals surface area contributed by atoms with Gasteiger partial charge in [-0.25, -0.2) is 0 Å². The fourth-order valence-electron chi connectivity index (χ4n) is 1.29. The van der Waals surface area contributed by atoms with E-state index in [1.807, 2.05) is 6.92 Å². The first-order valence-corrected chi connectivity index (χ1v) is 5.60. The van der Waals surface area contributed by atoms with Crippen LogP contribution in [0.3, 0.4) is 0 Å². The van der Waals surface area contributed by atoms with Gasteiger partial charge in [-0.2, -0.15) is 0 Å². The Morgan fingerprint density at radius 3 is 2.25 bits per heavy atom. The zero-order valence-electron chi connectivity index (χ0n) is 10.2. The molecule has 0 aliphatic rings. The number of carboxylic acid groups (broad SMARTS) is 1. The van der Waals surface area contributed by atoms with Crippen LogP contribution in [0, 0.1) is 5.92 Å². The molecule has 0 aromatic rings. The lowest BCUT2D eigenvalue weighted by molar-refractivity contribution is -0.139. The fraction of sp³-hybridized carbons (Fsp3) is 0.818. The molecule has 1 unspecified atom stereocenters. The van der Waals surface area contributed by atoms with E-state index in [0.717, 1.165) is 12.8 Å². The Hall–Kier alpha value is -1.10. The lowest BCUT2D eigenvalue weighted by atomic mass is 10.0. The minimum absolute atomic E-state index is 0.0368. The first-order valence-electron chi connectivity index (χ1n) is 5.60. The third-order valence-corrected chi connectivity index (χ3v) is 2.30. The molecule has 16 heavy (non-hydrogen) atoms. The van der Waals surface area contributed by atoms with E-state index in [0.29, 0.717) is 5.92 Å². The summed E-state index contributed by atoms with van der Waals surface area (Å²) >= 11 is 0. The van der Waals surface area contributed by atoms with Crippen LogP contribution >= 0.6 is 0 Å². The minimum Gasteiger partial charge on any atom is -0.481 e. The van der Waals surface area contributed by atoms with Crippen LogP contribution in [0.2, 0.25) is 0 Å². The largest absolute Gasteiger partial charge is 0.481 e. The molecule has 0 aromatic carbocycles. The third-order valence-electron chi connectivity index (χ3n) is 2.30. The van der Waals surface area contributed by atoms with Crippen molar-refractivity contribution in [2.45, 2.75) is 52.1 Å². The van der Waals surface area contributed by atoms with E-state index in [9.17, 15) is 9.59 Å². The lowest BCUT2D eigenvalue weighted by Crippen LogP contribution is -2.45. The Bertz CT molecular complexity index is 241. The molecule has 0 aromatic heterocycles. The summed E-state index contributed by atoms with van der Waals surface area (Å²) in [5, 5.41) is 11.2. The standard InChI is InChI=1S/C11H22N2O3/c1-7(2)4-5-8(3)13-11(16)9(12)6-10(14)15/h7-9H,4-6,12H2,1-3H3,(H,13,16)(H,14,15)/t8?,9-/m0/s1. The maximum atomic E-state index is 11.4. The maximum absolute atomic E-state index is 11.4. The summed E-state index contributed by atoms with van der Waals surface area (Å²) in [5.74, 6) is -0.858. The van der Waals surface area contributed by atoms with Crippen LogP contribution < -0.4 is 11.1 Å². The number of hydrogen-bond acceptors (Lipinski definition) is 3. The van der Waals surface area contributed by atoms with E-state index in [-0.39, 0.29) is 12.5 Å². The number of carboxylic acids is 1. The van der Waals surface area contributed by atoms with Crippen LogP contribution in [0.1, 0.15) is 40.0 Å². The summed E-state index contributed by atoms with van der Waals surface area (Å²) in [6, 6.07) is -0.922. The molecular weight excluding hydrogens is 208 g/mol. The minimum atomic E-state index is -1.06. The summed E-state index contributed by atoms with van der Waals surface area (Å²) in [6.45, 7) is 6.13. The topological polar surface area (TPSA) is 92.4 Å². The van der Waals surface area contributed by atoms with Gasteiger partial charge in [-0.1, -0.05) is 13.8 Å². The number of aliphatic carboxylic acids is 1. The van der Waals surface area contributed by atoms with Gasteiger partial charge in [0.15, 0.2) is 0 Å². The number of carbonyl (C=O) groups is 2. The summed E-state index contributed by atoms with van der Waals surface area (Å²) in [5.41, 5.74) is 5.43. The van der Waals surface area contributed by atoms with Gasteiger partial charge in [0.05, 0.1) is 12.5 Å². The molecular formula is C11H22N2O3. The van der Waals surface area contributed by atoms with Crippen molar-refractivity contribution in [3.05, 3.63) is 0 Å². The van der Waals surface area contributed by atoms with E-state index < -0.39 is 17.9 Å². The second kappa shape index (κ2) is 7.22. The van der Waals surface area contributed by atoms with Crippen molar-refractivity contribution in [3.8, 4) is 0 Å². The van der Waals surface area contributed by atoms with Gasteiger partial charge in [-0.15, -0.1) is 0 Å². The Kier molecular flexibility index (Phi) is 6.72. The number of carbonyl (C=O) groups excluding carboxylic acids is 1. The van der Waals surface area contributed by atoms with E-state index in [1.165, 1.54) is 0 Å². The van der Waals surface area contributed by atoms with Crippen molar-refractivity contribution in [1.82, 2.24) is 5.32 Å². The number of nitrogens with one attached hydrogen (secondary N) is 1. The molecule has 5 heteroatoms. The van der Waals surface area contributed by atoms with Gasteiger partial charge < -0.3 is 16.2 Å². The second-order valence-electron chi connectivity index (χ2n) is 4.59. The van der Waals surface area contributed by atoms with Gasteiger partial charge in [-0.05, 0) is 25.7 Å². The van der Waals surface area contributed by atoms with Crippen LogP contribution in [-0.4, -0.2) is 29.1 Å². The average molecular weight is 230 g/mol. The van der Waals surface area contributed by atoms with Crippen molar-refractivity contribution >= 4 is 11.9 Å². The summed E-state index contributed by atoms with van der Waals surface area (Å²) in [7, 11) is 0. The molecule has 0 aliphatic heterocycles. The van der Waals surface area contributed by atoms with Gasteiger partial charge in [0.2, 0.25) is 5.91 Å². The Labute approximate surface area is 96.4 Å². The van der Waals surface area contributed by atoms with Crippen LogP contribution in [0.25, 0.3) is 0 Å². The average Bonchev–Trinajstić information content (AvgIpc) is 2.13. The molecule has 2 atom stereocenters. The van der Waals surface area contributed by atoms with Crippen molar-refractivity contribution in [2.24, 2.45) is 11.7 Å². The predicted octanol–water partition coefficient (Wildman–Crippen LogP) is 0.729. The van der Waals surface area contributed by atoms with Crippen molar-refractivity contribution < 1.29 is 14.7 Å². The first-order chi connectivity index (χ1) is 7.32. The zero-order valence-corrected chi connectivity index (χ0v) is 10.2. The Morgan fingerprint density at radius 2 is 1.81 bits per heavy atom. The highest BCUT2D eigenvalue weighted by Gasteiger charge is 2.18. The van der Waals surface area contributed by atoms with E-state index in [1.54, 1.807) is 0 Å². The zero-order chi connectivity index (χ0) is 12.7. The Balaban J connectivity index is 3.89. The third kappa shape index (κ3) is 7.23. The van der Waals surface area contributed by atoms with Gasteiger partial charge in [0.25, 0.3) is 0 Å². The predicted molar refractivity (Wildman–Crippen MR) is 61.9 cm³/mol. The molecule has 0 saturated heterocycles. The fourth-order valence-corrected chi connectivity index (χ4v) is 1.29. The lowest BCUT2D eigenvalue weighted by Gasteiger charge is -2.17. The van der Waals surface area contributed by atoms with Gasteiger partial charge >= 0.3 is 5.97 Å². The quantitative estimate of drug-likeness (QED) is 0.601. The second-order valence-corrected chi connectivity index (χ2v) is 4.59. The SMILES string of the molecule is CC(C)CCC(C)NC(=O)[C@@H](N)CC(=O)O. The molecule has 0 saturated carbocycles. The molecule has 0 radical (unpaired) electrons. The highest BCUT2D eigenvalue weighted by Crippen LogP contribution is 2.06. The number of rotatable bonds is 7. The molecule has 0 aliphatic carbocycles. The number of amides is 1. The summed E-state index contributed by atoms with van der Waals surface area (Å²) < 4.78 is 0. The number of hydrogen-bond donors (Lipinski definition) is 3. The van der Waals surface area contributed by atoms with Crippen LogP contribution in [0.4, 0.5) is 0 Å². The number of nitrogens with two attached hydrogens (primary N) is 1. The molecule has 0 bridgehead atoms. The molecule has 0 rings (SSSR count). The molecule has 0 fully saturated rings. The van der Waals surface area contributed by atoms with Crippen LogP contribution in [0.15, 0.2) is 0 Å². The first kappa shape index (κ1) is 14.9. The van der Waals surface area contributed by atoms with Crippen molar-refractivity contribution in [3.63, 3.8) is 0 Å². The molecule has 0 heterocycles. The highest BCUT2D eigenvalue weighted by molar-refractivity contribution is 5.86. The molecule has 1 amide bonds. The smallest absolute Gasteiger partial charge is 0.305 e. The van der Waals surface area contributed by atoms with Gasteiger partial charge in [-0.3, -0.25) is 9.59 Å². The maximum Gasteiger partial charge on any atom is 0.305 e. The van der Waals surface area contributed by atoms with E-state index >= 15 is 0 Å².